The van der Waals surface area contributed by atoms with Crippen LogP contribution in [0.1, 0.15) is 31.5 Å². The van der Waals surface area contributed by atoms with Crippen LogP contribution in [0.2, 0.25) is 0 Å². The minimum atomic E-state index is -0.780. The van der Waals surface area contributed by atoms with Crippen LogP contribution in [0.15, 0.2) is 210 Å². The lowest BCUT2D eigenvalue weighted by Gasteiger charge is -2.10. The van der Waals surface area contributed by atoms with Crippen LogP contribution in [0.4, 0.5) is 0 Å². The average Bonchev–Trinajstić information content (AvgIpc) is 2.19. The number of aromatic nitrogens is 2. The molecule has 12 aromatic rings. The number of para-hydroxylation sites is 3. The van der Waals surface area contributed by atoms with Gasteiger partial charge in [0.05, 0.1) is 53.6 Å². The molecule has 0 saturated heterocycles. The summed E-state index contributed by atoms with van der Waals surface area (Å²) >= 11 is 0. The second kappa shape index (κ2) is 12.5. The van der Waals surface area contributed by atoms with Gasteiger partial charge in [-0.05, 0) is 112 Å². The number of fused-ring (bicyclic) bond motifs is 9. The molecule has 0 aliphatic rings. The third-order valence-electron chi connectivity index (χ3n) is 9.91. The van der Waals surface area contributed by atoms with Crippen molar-refractivity contribution in [1.82, 2.24) is 9.13 Å². The monoisotopic (exact) mass is 749 g/mol. The standard InChI is InChI=1S/C54H34N2O/c1-3-13-35(14-4-1)36-15-11-16-39(31-36)42-21-12-24-53-54(42)47-34-41(27-30-52(47)57-53)56-49-23-10-8-20-44(49)46-33-38(26-29-51(46)56)37-25-28-50-45(32-37)43-19-7-9-22-48(43)55(50)40-17-5-2-6-18-40/h1-34H/i3D,4D,7D,8D,9D,10D,12D,13D,15D,16D,19D,20D,21D,22D,24D,25D,26D,28D,29D,30D,31D,32D,33D. The Morgan fingerprint density at radius 2 is 1.09 bits per heavy atom. The molecule has 0 spiro atoms. The minimum Gasteiger partial charge on any atom is -0.456 e. The average molecular weight is 750 g/mol. The highest BCUT2D eigenvalue weighted by molar-refractivity contribution is 6.15. The van der Waals surface area contributed by atoms with Crippen LogP contribution in [0, 0.1) is 0 Å². The number of hydrogen-bond donors (Lipinski definition) is 0. The van der Waals surface area contributed by atoms with Gasteiger partial charge in [-0.3, -0.25) is 0 Å². The Hall–Kier alpha value is -7.62. The fraction of sp³-hybridized carbons (Fsp3) is 0. The van der Waals surface area contributed by atoms with Gasteiger partial charge in [-0.1, -0.05) is 127 Å². The first-order valence-corrected chi connectivity index (χ1v) is 17.6. The molecule has 0 aliphatic heterocycles. The van der Waals surface area contributed by atoms with Crippen LogP contribution in [0.3, 0.4) is 0 Å². The van der Waals surface area contributed by atoms with Crippen molar-refractivity contribution in [3.05, 3.63) is 206 Å². The first-order valence-electron chi connectivity index (χ1n) is 29.1. The maximum atomic E-state index is 9.97. The summed E-state index contributed by atoms with van der Waals surface area (Å²) < 4.78 is 218. The van der Waals surface area contributed by atoms with Gasteiger partial charge in [0, 0.05) is 43.7 Å². The summed E-state index contributed by atoms with van der Waals surface area (Å²) in [5, 5.41) is -1.13. The number of rotatable bonds is 5. The lowest BCUT2D eigenvalue weighted by Crippen LogP contribution is -1.93. The summed E-state index contributed by atoms with van der Waals surface area (Å²) in [7, 11) is 0. The van der Waals surface area contributed by atoms with Gasteiger partial charge >= 0.3 is 0 Å². The Bertz CT molecular complexity index is 4870. The van der Waals surface area contributed by atoms with E-state index in [1.165, 1.54) is 33.4 Å². The summed E-state index contributed by atoms with van der Waals surface area (Å²) in [5.41, 5.74) is -3.19. The molecular formula is C54H34N2O. The van der Waals surface area contributed by atoms with Crippen LogP contribution in [0.5, 0.6) is 0 Å². The summed E-state index contributed by atoms with van der Waals surface area (Å²) in [6.45, 7) is 0. The van der Waals surface area contributed by atoms with Crippen LogP contribution >= 0.6 is 0 Å². The number of hydrogen-bond acceptors (Lipinski definition) is 1. The second-order valence-corrected chi connectivity index (χ2v) is 13.1. The first-order chi connectivity index (χ1) is 37.8. The second-order valence-electron chi connectivity index (χ2n) is 13.1. The quantitative estimate of drug-likeness (QED) is 0.172. The van der Waals surface area contributed by atoms with Crippen molar-refractivity contribution < 1.29 is 35.9 Å². The molecule has 0 bridgehead atoms. The lowest BCUT2D eigenvalue weighted by atomic mass is 9.96. The van der Waals surface area contributed by atoms with E-state index < -0.39 is 138 Å². The lowest BCUT2D eigenvalue weighted by molar-refractivity contribution is 0.669. The molecule has 0 radical (unpaired) electrons. The minimum absolute atomic E-state index is 0.0659. The Balaban J connectivity index is 1.19. The molecule has 9 aromatic carbocycles. The van der Waals surface area contributed by atoms with Crippen LogP contribution in [-0.4, -0.2) is 9.13 Å². The SMILES string of the molecule is [2H]c1cc([2H])c([2H])c(-c2c([2H])cc([2H])c(-c3c([2H])c([2H])c([2H])c4oc5c([2H])cc(-n6c7cc([2H])c([2H])c([2H])c7c7c([2H])c(-c8c([2H])c([2H])c9c(c8[2H])c8c([2H])c([2H])c([2H])c([2H])c8n9-c8ccccc8)c([2H])c([2H])c76)cc5c34)c2[2H])c1. The molecule has 0 fully saturated rings. The maximum absolute atomic E-state index is 9.97. The normalized spacial score (nSPS) is 17.5. The van der Waals surface area contributed by atoms with Crippen molar-refractivity contribution in [3.63, 3.8) is 0 Å². The van der Waals surface area contributed by atoms with E-state index in [2.05, 4.69) is 0 Å². The maximum Gasteiger partial charge on any atom is 0.136 e. The third kappa shape index (κ3) is 4.92. The van der Waals surface area contributed by atoms with Crippen molar-refractivity contribution >= 4 is 65.6 Å². The van der Waals surface area contributed by atoms with Crippen molar-refractivity contribution in [3.8, 4) is 44.8 Å². The van der Waals surface area contributed by atoms with Crippen molar-refractivity contribution in [2.75, 3.05) is 0 Å². The van der Waals surface area contributed by atoms with Gasteiger partial charge in [0.25, 0.3) is 0 Å². The van der Waals surface area contributed by atoms with Crippen molar-refractivity contribution in [2.24, 2.45) is 0 Å². The smallest absolute Gasteiger partial charge is 0.136 e. The Morgan fingerprint density at radius 1 is 0.368 bits per heavy atom. The molecule has 3 heteroatoms. The van der Waals surface area contributed by atoms with E-state index >= 15 is 0 Å². The first kappa shape index (κ1) is 16.6. The van der Waals surface area contributed by atoms with E-state index in [9.17, 15) is 13.7 Å². The van der Waals surface area contributed by atoms with Gasteiger partial charge in [-0.15, -0.1) is 0 Å². The Labute approximate surface area is 361 Å². The molecule has 0 amide bonds. The summed E-state index contributed by atoms with van der Waals surface area (Å²) in [4.78, 5) is 0. The van der Waals surface area contributed by atoms with Crippen LogP contribution in [0.25, 0.3) is 110 Å². The molecule has 0 atom stereocenters. The summed E-state index contributed by atoms with van der Waals surface area (Å²) in [6.07, 6.45) is 0. The molecule has 3 nitrogen and oxygen atoms in total. The van der Waals surface area contributed by atoms with E-state index in [0.29, 0.717) is 5.69 Å². The fourth-order valence-corrected chi connectivity index (χ4v) is 7.44. The van der Waals surface area contributed by atoms with E-state index in [1.807, 2.05) is 0 Å². The van der Waals surface area contributed by atoms with Crippen molar-refractivity contribution in [1.29, 1.82) is 0 Å². The zero-order valence-corrected chi connectivity index (χ0v) is 29.2. The number of furan rings is 1. The molecule has 57 heavy (non-hydrogen) atoms. The van der Waals surface area contributed by atoms with Gasteiger partial charge in [0.1, 0.15) is 11.2 Å². The van der Waals surface area contributed by atoms with Gasteiger partial charge in [-0.2, -0.15) is 0 Å². The van der Waals surface area contributed by atoms with Crippen LogP contribution < -0.4 is 0 Å². The van der Waals surface area contributed by atoms with Crippen molar-refractivity contribution in [2.45, 2.75) is 0 Å². The molecule has 3 heterocycles. The molecule has 3 aromatic heterocycles. The molecule has 0 N–H and O–H groups in total. The molecule has 0 saturated carbocycles. The number of nitrogens with zero attached hydrogens (tertiary/aromatic N) is 2. The summed E-state index contributed by atoms with van der Waals surface area (Å²) in [6, 6.07) is 2.24. The molecule has 12 rings (SSSR count). The van der Waals surface area contributed by atoms with E-state index in [0.717, 1.165) is 12.1 Å². The number of benzene rings is 9. The predicted octanol–water partition coefficient (Wildman–Crippen LogP) is 14.8. The van der Waals surface area contributed by atoms with E-state index in [-0.39, 0.29) is 106 Å². The highest BCUT2D eigenvalue weighted by Crippen LogP contribution is 2.41. The molecular weight excluding hydrogens is 693 g/mol. The molecule has 0 unspecified atom stereocenters. The highest BCUT2D eigenvalue weighted by Gasteiger charge is 2.18. The highest BCUT2D eigenvalue weighted by atomic mass is 16.3. The molecule has 0 aliphatic carbocycles. The Kier molecular flexibility index (Phi) is 3.63. The van der Waals surface area contributed by atoms with Crippen LogP contribution in [-0.2, 0) is 0 Å². The summed E-state index contributed by atoms with van der Waals surface area (Å²) in [5.74, 6) is 0. The third-order valence-corrected chi connectivity index (χ3v) is 9.91. The van der Waals surface area contributed by atoms with E-state index in [4.69, 9.17) is 22.2 Å². The van der Waals surface area contributed by atoms with Gasteiger partial charge in [0.15, 0.2) is 0 Å². The predicted molar refractivity (Wildman–Crippen MR) is 239 cm³/mol. The topological polar surface area (TPSA) is 23.0 Å². The van der Waals surface area contributed by atoms with E-state index in [1.54, 1.807) is 30.3 Å². The van der Waals surface area contributed by atoms with Gasteiger partial charge in [0.2, 0.25) is 0 Å². The Morgan fingerprint density at radius 3 is 1.93 bits per heavy atom. The van der Waals surface area contributed by atoms with Gasteiger partial charge < -0.3 is 13.6 Å². The zero-order chi connectivity index (χ0) is 57.5. The zero-order valence-electron chi connectivity index (χ0n) is 52.2. The fourth-order valence-electron chi connectivity index (χ4n) is 7.44. The largest absolute Gasteiger partial charge is 0.456 e. The molecule has 266 valence electrons. The van der Waals surface area contributed by atoms with Gasteiger partial charge in [-0.25, -0.2) is 0 Å².